The fourth-order valence-corrected chi connectivity index (χ4v) is 3.55. The van der Waals surface area contributed by atoms with Crippen LogP contribution in [0.5, 0.6) is 11.8 Å². The van der Waals surface area contributed by atoms with Gasteiger partial charge in [-0.1, -0.05) is 11.3 Å². The molecular weight excluding hydrogens is 437 g/mol. The van der Waals surface area contributed by atoms with Crippen molar-refractivity contribution in [1.29, 1.82) is 5.26 Å². The molecule has 3 heterocycles. The van der Waals surface area contributed by atoms with Crippen molar-refractivity contribution in [2.24, 2.45) is 0 Å². The number of halogens is 3. The Morgan fingerprint density at radius 3 is 2.48 bits per heavy atom. The van der Waals surface area contributed by atoms with Crippen molar-refractivity contribution in [2.75, 3.05) is 19.5 Å². The standard InChI is InChI=1S/C18H13F3N6O3S/c1-29-15-11(16(30-2)25-8-24-15)14(28)27-17-26-13(18(19,20)21)12(31-17)9-4-6-23-10(7-9)3-5-22/h4,6-8H,3H2,1-2H3,(H,26,27,28). The Kier molecular flexibility index (Phi) is 6.30. The average molecular weight is 450 g/mol. The number of methoxy groups -OCH3 is 2. The van der Waals surface area contributed by atoms with Crippen LogP contribution in [0.2, 0.25) is 0 Å². The number of rotatable bonds is 6. The summed E-state index contributed by atoms with van der Waals surface area (Å²) in [5.41, 5.74) is -0.894. The first-order valence-corrected chi connectivity index (χ1v) is 9.24. The van der Waals surface area contributed by atoms with Crippen LogP contribution in [0.15, 0.2) is 24.7 Å². The van der Waals surface area contributed by atoms with Crippen molar-refractivity contribution in [3.05, 3.63) is 41.6 Å². The number of nitrogens with one attached hydrogen (secondary N) is 1. The molecule has 3 rings (SSSR count). The number of thiazole rings is 1. The third-order valence-electron chi connectivity index (χ3n) is 3.85. The number of amides is 1. The van der Waals surface area contributed by atoms with Gasteiger partial charge in [-0.05, 0) is 17.7 Å². The first kappa shape index (κ1) is 21.9. The largest absolute Gasteiger partial charge is 0.480 e. The highest BCUT2D eigenvalue weighted by Gasteiger charge is 2.38. The number of ether oxygens (including phenoxy) is 2. The number of alkyl halides is 3. The van der Waals surface area contributed by atoms with Gasteiger partial charge in [-0.25, -0.2) is 15.0 Å². The molecule has 0 aromatic carbocycles. The van der Waals surface area contributed by atoms with Crippen LogP contribution in [-0.4, -0.2) is 40.1 Å². The highest BCUT2D eigenvalue weighted by atomic mass is 32.1. The van der Waals surface area contributed by atoms with E-state index in [-0.39, 0.29) is 39.3 Å². The predicted molar refractivity (Wildman–Crippen MR) is 103 cm³/mol. The van der Waals surface area contributed by atoms with E-state index in [1.165, 1.54) is 32.5 Å². The van der Waals surface area contributed by atoms with Crippen molar-refractivity contribution in [3.8, 4) is 28.3 Å². The van der Waals surface area contributed by atoms with Crippen molar-refractivity contribution in [2.45, 2.75) is 12.6 Å². The molecule has 3 aromatic rings. The van der Waals surface area contributed by atoms with Crippen LogP contribution in [0, 0.1) is 11.3 Å². The maximum absolute atomic E-state index is 13.6. The number of carbonyl (C=O) groups excluding carboxylic acids is 1. The monoisotopic (exact) mass is 450 g/mol. The molecule has 160 valence electrons. The van der Waals surface area contributed by atoms with E-state index >= 15 is 0 Å². The Labute approximate surface area is 177 Å². The lowest BCUT2D eigenvalue weighted by atomic mass is 10.1. The maximum Gasteiger partial charge on any atom is 0.434 e. The zero-order valence-electron chi connectivity index (χ0n) is 16.0. The average Bonchev–Trinajstić information content (AvgIpc) is 3.18. The molecule has 13 heteroatoms. The van der Waals surface area contributed by atoms with E-state index in [9.17, 15) is 18.0 Å². The lowest BCUT2D eigenvalue weighted by Crippen LogP contribution is -2.16. The molecule has 31 heavy (non-hydrogen) atoms. The number of nitrogens with zero attached hydrogens (tertiary/aromatic N) is 5. The molecule has 0 aliphatic carbocycles. The van der Waals surface area contributed by atoms with Crippen molar-refractivity contribution in [1.82, 2.24) is 19.9 Å². The highest BCUT2D eigenvalue weighted by molar-refractivity contribution is 7.19. The second-order valence-electron chi connectivity index (χ2n) is 5.79. The van der Waals surface area contributed by atoms with Gasteiger partial charge >= 0.3 is 6.18 Å². The van der Waals surface area contributed by atoms with Crippen LogP contribution in [-0.2, 0) is 12.6 Å². The van der Waals surface area contributed by atoms with Crippen molar-refractivity contribution >= 4 is 22.4 Å². The summed E-state index contributed by atoms with van der Waals surface area (Å²) in [6.07, 6.45) is -2.43. The highest BCUT2D eigenvalue weighted by Crippen LogP contribution is 2.42. The van der Waals surface area contributed by atoms with E-state index in [2.05, 4.69) is 25.3 Å². The van der Waals surface area contributed by atoms with Gasteiger partial charge in [0.1, 0.15) is 6.33 Å². The summed E-state index contributed by atoms with van der Waals surface area (Å²) in [7, 11) is 2.54. The van der Waals surface area contributed by atoms with E-state index in [4.69, 9.17) is 14.7 Å². The number of carbonyl (C=O) groups is 1. The minimum Gasteiger partial charge on any atom is -0.480 e. The fraction of sp³-hybridized carbons (Fsp3) is 0.222. The molecule has 0 unspecified atom stereocenters. The molecule has 1 amide bonds. The van der Waals surface area contributed by atoms with Crippen LogP contribution >= 0.6 is 11.3 Å². The topological polar surface area (TPSA) is 123 Å². The lowest BCUT2D eigenvalue weighted by Gasteiger charge is -2.09. The molecule has 0 saturated heterocycles. The Morgan fingerprint density at radius 2 is 1.90 bits per heavy atom. The van der Waals surface area contributed by atoms with Gasteiger partial charge < -0.3 is 9.47 Å². The first-order valence-electron chi connectivity index (χ1n) is 8.43. The lowest BCUT2D eigenvalue weighted by molar-refractivity contribution is -0.140. The van der Waals surface area contributed by atoms with Crippen LogP contribution in [0.4, 0.5) is 18.3 Å². The molecule has 0 aliphatic rings. The van der Waals surface area contributed by atoms with E-state index in [0.717, 1.165) is 6.33 Å². The number of hydrogen-bond donors (Lipinski definition) is 1. The summed E-state index contributed by atoms with van der Waals surface area (Å²) in [5.74, 6) is -1.09. The van der Waals surface area contributed by atoms with Crippen LogP contribution in [0.25, 0.3) is 10.4 Å². The number of nitriles is 1. The molecule has 0 bridgehead atoms. The van der Waals surface area contributed by atoms with Gasteiger partial charge in [0.05, 0.1) is 37.3 Å². The fourth-order valence-electron chi connectivity index (χ4n) is 2.58. The van der Waals surface area contributed by atoms with Crippen LogP contribution in [0.3, 0.4) is 0 Å². The van der Waals surface area contributed by atoms with Crippen molar-refractivity contribution < 1.29 is 27.4 Å². The van der Waals surface area contributed by atoms with Gasteiger partial charge in [0.25, 0.3) is 5.91 Å². The number of anilines is 1. The molecule has 9 nitrogen and oxygen atoms in total. The van der Waals surface area contributed by atoms with Gasteiger partial charge in [0.2, 0.25) is 11.8 Å². The molecule has 0 spiro atoms. The molecule has 0 radical (unpaired) electrons. The number of aromatic nitrogens is 4. The summed E-state index contributed by atoms with van der Waals surface area (Å²) in [6, 6.07) is 4.63. The molecule has 0 aliphatic heterocycles. The maximum atomic E-state index is 13.6. The summed E-state index contributed by atoms with van der Waals surface area (Å²) in [4.78, 5) is 27.6. The van der Waals surface area contributed by atoms with Gasteiger partial charge in [0.15, 0.2) is 16.4 Å². The third kappa shape index (κ3) is 4.69. The van der Waals surface area contributed by atoms with Crippen LogP contribution < -0.4 is 14.8 Å². The third-order valence-corrected chi connectivity index (χ3v) is 4.87. The molecule has 0 atom stereocenters. The Balaban J connectivity index is 2.02. The predicted octanol–water partition coefficient (Wildman–Crippen LogP) is 3.35. The molecule has 3 aromatic heterocycles. The van der Waals surface area contributed by atoms with E-state index in [1.807, 2.05) is 6.07 Å². The van der Waals surface area contributed by atoms with Gasteiger partial charge in [0, 0.05) is 6.20 Å². The van der Waals surface area contributed by atoms with E-state index < -0.39 is 17.8 Å². The van der Waals surface area contributed by atoms with Gasteiger partial charge in [-0.3, -0.25) is 15.1 Å². The smallest absolute Gasteiger partial charge is 0.434 e. The minimum atomic E-state index is -4.78. The van der Waals surface area contributed by atoms with E-state index in [0.29, 0.717) is 17.0 Å². The quantitative estimate of drug-likeness (QED) is 0.607. The van der Waals surface area contributed by atoms with Gasteiger partial charge in [-0.2, -0.15) is 18.4 Å². The molecule has 1 N–H and O–H groups in total. The second kappa shape index (κ2) is 8.92. The van der Waals surface area contributed by atoms with Crippen LogP contribution in [0.1, 0.15) is 21.7 Å². The van der Waals surface area contributed by atoms with Gasteiger partial charge in [-0.15, -0.1) is 0 Å². The summed E-state index contributed by atoms with van der Waals surface area (Å²) >= 11 is 0.620. The summed E-state index contributed by atoms with van der Waals surface area (Å²) in [6.45, 7) is 0. The number of hydrogen-bond acceptors (Lipinski definition) is 9. The zero-order chi connectivity index (χ0) is 22.6. The molecule has 0 fully saturated rings. The first-order chi connectivity index (χ1) is 14.8. The molecular formula is C18H13F3N6O3S. The second-order valence-corrected chi connectivity index (χ2v) is 6.79. The minimum absolute atomic E-state index is 0.0643. The van der Waals surface area contributed by atoms with E-state index in [1.54, 1.807) is 0 Å². The number of pyridine rings is 1. The summed E-state index contributed by atoms with van der Waals surface area (Å²) in [5, 5.41) is 10.8. The Bertz CT molecular complexity index is 1140. The van der Waals surface area contributed by atoms with Crippen molar-refractivity contribution in [3.63, 3.8) is 0 Å². The normalized spacial score (nSPS) is 11.0. The Hall–Kier alpha value is -3.79. The Morgan fingerprint density at radius 1 is 1.23 bits per heavy atom. The summed E-state index contributed by atoms with van der Waals surface area (Å²) < 4.78 is 50.8. The molecule has 0 saturated carbocycles. The SMILES string of the molecule is COc1ncnc(OC)c1C(=O)Nc1nc(C(F)(F)F)c(-c2ccnc(CC#N)c2)s1. The zero-order valence-corrected chi connectivity index (χ0v) is 16.8.